The first kappa shape index (κ1) is 17.5. The van der Waals surface area contributed by atoms with Crippen molar-refractivity contribution in [2.45, 2.75) is 32.7 Å². The van der Waals surface area contributed by atoms with Gasteiger partial charge in [-0.1, -0.05) is 19.1 Å². The standard InChI is InChI=1S/C19H21N5O2S/c1-3-9(2)22-19-23-15(11-5-4-10-6-7-26-12(10)8-11)13-14(20)16(17(21)25)27-18(13)24-19/h4-5,8-9H,3,6-7,20H2,1-2H3,(H2,21,25)(H,22,23,24). The number of anilines is 2. The molecule has 0 radical (unpaired) electrons. The molecule has 0 saturated heterocycles. The van der Waals surface area contributed by atoms with Gasteiger partial charge in [-0.3, -0.25) is 4.79 Å². The summed E-state index contributed by atoms with van der Waals surface area (Å²) in [6.45, 7) is 4.84. The first-order chi connectivity index (χ1) is 13.0. The van der Waals surface area contributed by atoms with Gasteiger partial charge in [-0.2, -0.15) is 0 Å². The summed E-state index contributed by atoms with van der Waals surface area (Å²) in [7, 11) is 0. The summed E-state index contributed by atoms with van der Waals surface area (Å²) in [5.41, 5.74) is 14.8. The second-order valence-corrected chi connectivity index (χ2v) is 7.66. The van der Waals surface area contributed by atoms with Gasteiger partial charge in [0.2, 0.25) is 5.95 Å². The zero-order valence-electron chi connectivity index (χ0n) is 15.2. The third kappa shape index (κ3) is 3.06. The highest BCUT2D eigenvalue weighted by molar-refractivity contribution is 7.21. The van der Waals surface area contributed by atoms with Gasteiger partial charge in [0.1, 0.15) is 15.5 Å². The van der Waals surface area contributed by atoms with Crippen LogP contribution in [-0.2, 0) is 6.42 Å². The Morgan fingerprint density at radius 2 is 2.22 bits per heavy atom. The minimum absolute atomic E-state index is 0.214. The molecule has 3 heterocycles. The Hall–Kier alpha value is -2.87. The predicted molar refractivity (Wildman–Crippen MR) is 108 cm³/mol. The summed E-state index contributed by atoms with van der Waals surface area (Å²) < 4.78 is 5.70. The Balaban J connectivity index is 1.94. The fourth-order valence-electron chi connectivity index (χ4n) is 3.11. The van der Waals surface area contributed by atoms with Gasteiger partial charge in [0.25, 0.3) is 5.91 Å². The van der Waals surface area contributed by atoms with Crippen LogP contribution in [0.4, 0.5) is 11.6 Å². The van der Waals surface area contributed by atoms with Crippen molar-refractivity contribution in [3.05, 3.63) is 28.6 Å². The van der Waals surface area contributed by atoms with E-state index in [1.807, 2.05) is 18.2 Å². The maximum Gasteiger partial charge on any atom is 0.260 e. The normalized spacial score (nSPS) is 14.0. The Bertz CT molecular complexity index is 1050. The molecule has 1 aliphatic rings. The van der Waals surface area contributed by atoms with Gasteiger partial charge < -0.3 is 21.5 Å². The summed E-state index contributed by atoms with van der Waals surface area (Å²) in [5.74, 6) is 0.806. The topological polar surface area (TPSA) is 116 Å². The third-order valence-corrected chi connectivity index (χ3v) is 5.88. The van der Waals surface area contributed by atoms with E-state index < -0.39 is 5.91 Å². The number of hydrogen-bond acceptors (Lipinski definition) is 7. The van der Waals surface area contributed by atoms with Crippen LogP contribution in [0.25, 0.3) is 21.5 Å². The van der Waals surface area contributed by atoms with Crippen molar-refractivity contribution in [3.63, 3.8) is 0 Å². The molecule has 1 aliphatic heterocycles. The molecular weight excluding hydrogens is 362 g/mol. The highest BCUT2D eigenvalue weighted by Crippen LogP contribution is 2.40. The van der Waals surface area contributed by atoms with Gasteiger partial charge in [-0.05, 0) is 25.0 Å². The Labute approximate surface area is 160 Å². The molecule has 8 heteroatoms. The summed E-state index contributed by atoms with van der Waals surface area (Å²) in [6, 6.07) is 6.23. The van der Waals surface area contributed by atoms with Crippen LogP contribution in [0.3, 0.4) is 0 Å². The van der Waals surface area contributed by atoms with Crippen LogP contribution < -0.4 is 21.5 Å². The zero-order valence-corrected chi connectivity index (χ0v) is 16.0. The van der Waals surface area contributed by atoms with E-state index in [1.54, 1.807) is 0 Å². The zero-order chi connectivity index (χ0) is 19.1. The molecule has 7 nitrogen and oxygen atoms in total. The van der Waals surface area contributed by atoms with Crippen LogP contribution in [0.2, 0.25) is 0 Å². The van der Waals surface area contributed by atoms with Crippen molar-refractivity contribution >= 4 is 39.1 Å². The molecule has 0 fully saturated rings. The minimum Gasteiger partial charge on any atom is -0.493 e. The van der Waals surface area contributed by atoms with Gasteiger partial charge in [-0.15, -0.1) is 11.3 Å². The molecule has 2 aromatic heterocycles. The van der Waals surface area contributed by atoms with Crippen molar-refractivity contribution in [2.75, 3.05) is 17.7 Å². The number of nitrogens with zero attached hydrogens (tertiary/aromatic N) is 2. The first-order valence-electron chi connectivity index (χ1n) is 8.90. The summed E-state index contributed by atoms with van der Waals surface area (Å²) in [6.07, 6.45) is 1.84. The summed E-state index contributed by atoms with van der Waals surface area (Å²) in [4.78, 5) is 22.0. The summed E-state index contributed by atoms with van der Waals surface area (Å²) in [5, 5.41) is 3.95. The highest BCUT2D eigenvalue weighted by Gasteiger charge is 2.22. The predicted octanol–water partition coefficient (Wildman–Crippen LogP) is 3.18. The number of amides is 1. The van der Waals surface area contributed by atoms with Crippen LogP contribution in [0.1, 0.15) is 35.5 Å². The molecule has 0 bridgehead atoms. The van der Waals surface area contributed by atoms with E-state index in [2.05, 4.69) is 24.1 Å². The average Bonchev–Trinajstić information content (AvgIpc) is 3.25. The Morgan fingerprint density at radius 3 is 2.96 bits per heavy atom. The number of primary amides is 1. The molecule has 1 unspecified atom stereocenters. The van der Waals surface area contributed by atoms with Gasteiger partial charge in [0.05, 0.1) is 23.4 Å². The minimum atomic E-state index is -0.560. The molecule has 27 heavy (non-hydrogen) atoms. The van der Waals surface area contributed by atoms with Gasteiger partial charge in [-0.25, -0.2) is 9.97 Å². The molecule has 140 valence electrons. The average molecular weight is 383 g/mol. The summed E-state index contributed by atoms with van der Waals surface area (Å²) >= 11 is 1.19. The number of ether oxygens (including phenoxy) is 1. The van der Waals surface area contributed by atoms with Crippen molar-refractivity contribution in [1.29, 1.82) is 0 Å². The number of nitrogens with two attached hydrogens (primary N) is 2. The van der Waals surface area contributed by atoms with Crippen molar-refractivity contribution in [1.82, 2.24) is 9.97 Å². The van der Waals surface area contributed by atoms with Crippen LogP contribution in [0.5, 0.6) is 5.75 Å². The lowest BCUT2D eigenvalue weighted by atomic mass is 10.0. The van der Waals surface area contributed by atoms with Crippen molar-refractivity contribution < 1.29 is 9.53 Å². The quantitative estimate of drug-likeness (QED) is 0.623. The second-order valence-electron chi connectivity index (χ2n) is 6.66. The maximum absolute atomic E-state index is 11.8. The molecule has 0 spiro atoms. The highest BCUT2D eigenvalue weighted by atomic mass is 32.1. The van der Waals surface area contributed by atoms with E-state index in [1.165, 1.54) is 16.9 Å². The SMILES string of the molecule is CCC(C)Nc1nc(-c2ccc3c(c2)OCC3)c2c(N)c(C(N)=O)sc2n1. The van der Waals surface area contributed by atoms with Gasteiger partial charge in [0.15, 0.2) is 0 Å². The smallest absolute Gasteiger partial charge is 0.260 e. The van der Waals surface area contributed by atoms with E-state index in [0.29, 0.717) is 39.0 Å². The lowest BCUT2D eigenvalue weighted by Gasteiger charge is -2.13. The number of fused-ring (bicyclic) bond motifs is 2. The number of carbonyl (C=O) groups excluding carboxylic acids is 1. The van der Waals surface area contributed by atoms with Crippen molar-refractivity contribution in [2.24, 2.45) is 5.73 Å². The van der Waals surface area contributed by atoms with Crippen LogP contribution in [0.15, 0.2) is 18.2 Å². The number of nitrogens with one attached hydrogen (secondary N) is 1. The van der Waals surface area contributed by atoms with E-state index in [4.69, 9.17) is 21.2 Å². The first-order valence-corrected chi connectivity index (χ1v) is 9.72. The Morgan fingerprint density at radius 1 is 1.41 bits per heavy atom. The molecule has 1 amide bonds. The Kier molecular flexibility index (Phi) is 4.35. The van der Waals surface area contributed by atoms with Crippen molar-refractivity contribution in [3.8, 4) is 17.0 Å². The number of carbonyl (C=O) groups is 1. The number of nitrogen functional groups attached to an aromatic ring is 1. The van der Waals surface area contributed by atoms with Crippen LogP contribution in [-0.4, -0.2) is 28.5 Å². The monoisotopic (exact) mass is 383 g/mol. The largest absolute Gasteiger partial charge is 0.493 e. The number of benzene rings is 1. The molecule has 3 aromatic rings. The van der Waals surface area contributed by atoms with E-state index >= 15 is 0 Å². The molecule has 0 saturated carbocycles. The molecule has 5 N–H and O–H groups in total. The molecule has 1 atom stereocenters. The van der Waals surface area contributed by atoms with Gasteiger partial charge in [0, 0.05) is 18.0 Å². The fourth-order valence-corrected chi connectivity index (χ4v) is 4.06. The van der Waals surface area contributed by atoms with Crippen LogP contribution in [0, 0.1) is 0 Å². The lowest BCUT2D eigenvalue weighted by molar-refractivity contribution is 0.100. The van der Waals surface area contributed by atoms with Crippen LogP contribution >= 0.6 is 11.3 Å². The number of thiophene rings is 1. The number of hydrogen-bond donors (Lipinski definition) is 3. The lowest BCUT2D eigenvalue weighted by Crippen LogP contribution is -2.15. The maximum atomic E-state index is 11.8. The van der Waals surface area contributed by atoms with Gasteiger partial charge >= 0.3 is 0 Å². The molecular formula is C19H21N5O2S. The number of aromatic nitrogens is 2. The molecule has 0 aliphatic carbocycles. The molecule has 4 rings (SSSR count). The van der Waals surface area contributed by atoms with E-state index in [9.17, 15) is 4.79 Å². The molecule has 1 aromatic carbocycles. The third-order valence-electron chi connectivity index (χ3n) is 4.77. The fraction of sp³-hybridized carbons (Fsp3) is 0.316. The second kappa shape index (κ2) is 6.70. The van der Waals surface area contributed by atoms with E-state index in [-0.39, 0.29) is 6.04 Å². The van der Waals surface area contributed by atoms with E-state index in [0.717, 1.165) is 24.2 Å². The number of rotatable bonds is 5.